The number of likely N-dealkylation sites (N-methyl/N-ethyl adjacent to an activating group) is 1. The first-order chi connectivity index (χ1) is 15.7. The number of rotatable bonds is 19. The van der Waals surface area contributed by atoms with Crippen LogP contribution in [-0.2, 0) is 19.1 Å². The Bertz CT molecular complexity index is 519. The highest BCUT2D eigenvalue weighted by molar-refractivity contribution is 8.00. The number of nitrogens with zero attached hydrogens (tertiary/aromatic N) is 2. The fraction of sp³-hybridized carbons (Fsp3) is 0.895. The number of aliphatic hydroxyl groups is 3. The van der Waals surface area contributed by atoms with Crippen molar-refractivity contribution in [2.75, 3.05) is 39.1 Å². The number of nitroso groups, excluding NO2 is 1. The molecule has 1 amide bonds. The largest absolute Gasteiger partial charge is 0.394 e. The molecule has 196 valence electrons. The molecule has 6 N–H and O–H groups in total. The van der Waals surface area contributed by atoms with E-state index in [4.69, 9.17) is 19.8 Å². The van der Waals surface area contributed by atoms with Gasteiger partial charge in [-0.15, -0.1) is 11.8 Å². The molecule has 6 atom stereocenters. The van der Waals surface area contributed by atoms with E-state index < -0.39 is 42.5 Å². The molecule has 0 fully saturated rings. The lowest BCUT2D eigenvalue weighted by Gasteiger charge is -2.29. The molecule has 0 aliphatic rings. The maximum absolute atomic E-state index is 12.1. The van der Waals surface area contributed by atoms with Crippen LogP contribution in [0.1, 0.15) is 33.1 Å². The Morgan fingerprint density at radius 3 is 2.39 bits per heavy atom. The van der Waals surface area contributed by atoms with Crippen LogP contribution in [0.3, 0.4) is 0 Å². The molecule has 0 heterocycles. The molecule has 0 aliphatic heterocycles. The molecule has 0 saturated heterocycles. The van der Waals surface area contributed by atoms with E-state index in [-0.39, 0.29) is 24.7 Å². The first-order valence-corrected chi connectivity index (χ1v) is 11.9. The highest BCUT2D eigenvalue weighted by Gasteiger charge is 2.30. The molecule has 0 aromatic heterocycles. The summed E-state index contributed by atoms with van der Waals surface area (Å²) in [6.45, 7) is 3.36. The fourth-order valence-electron chi connectivity index (χ4n) is 2.46. The number of hydrogen-bond donors (Lipinski definition) is 6. The highest BCUT2D eigenvalue weighted by Crippen LogP contribution is 2.21. The molecule has 0 spiro atoms. The van der Waals surface area contributed by atoms with Crippen molar-refractivity contribution in [1.29, 1.82) is 0 Å². The number of aldehydes is 1. The van der Waals surface area contributed by atoms with Gasteiger partial charge in [-0.2, -0.15) is 4.91 Å². The van der Waals surface area contributed by atoms with Gasteiger partial charge in [0.1, 0.15) is 6.29 Å². The summed E-state index contributed by atoms with van der Waals surface area (Å²) in [7, 11) is 1.60. The van der Waals surface area contributed by atoms with Crippen molar-refractivity contribution < 1.29 is 38.9 Å². The van der Waals surface area contributed by atoms with Crippen LogP contribution in [0.2, 0.25) is 0 Å². The smallest absolute Gasteiger partial charge is 0.223 e. The normalized spacial score (nSPS) is 16.4. The summed E-state index contributed by atoms with van der Waals surface area (Å²) in [5.74, 6) is -0.0890. The van der Waals surface area contributed by atoms with Crippen LogP contribution in [0.4, 0.5) is 0 Å². The molecule has 12 nitrogen and oxygen atoms in total. The molecule has 0 rings (SSSR count). The van der Waals surface area contributed by atoms with E-state index in [2.05, 4.69) is 18.1 Å². The van der Waals surface area contributed by atoms with E-state index in [9.17, 15) is 29.8 Å². The monoisotopic (exact) mass is 517 g/mol. The third kappa shape index (κ3) is 16.4. The number of nitrogens with two attached hydrogens (primary N) is 1. The van der Waals surface area contributed by atoms with Gasteiger partial charge in [0.2, 0.25) is 5.91 Å². The number of thioether (sulfide) groups is 1. The Hall–Kier alpha value is -0.840. The lowest BCUT2D eigenvalue weighted by Crippen LogP contribution is -2.41. The van der Waals surface area contributed by atoms with E-state index in [1.54, 1.807) is 14.0 Å². The highest BCUT2D eigenvalue weighted by atomic mass is 32.2. The second-order valence-corrected chi connectivity index (χ2v) is 8.59. The molecule has 0 aromatic rings. The number of thiol groups is 1. The third-order valence-corrected chi connectivity index (χ3v) is 5.65. The van der Waals surface area contributed by atoms with Gasteiger partial charge in [0.05, 0.1) is 30.2 Å². The predicted molar refractivity (Wildman–Crippen MR) is 129 cm³/mol. The average Bonchev–Trinajstić information content (AvgIpc) is 2.79. The minimum atomic E-state index is -1.20. The second-order valence-electron chi connectivity index (χ2n) is 7.32. The van der Waals surface area contributed by atoms with Gasteiger partial charge in [-0.25, -0.2) is 0 Å². The summed E-state index contributed by atoms with van der Waals surface area (Å²) in [4.78, 5) is 36.0. The van der Waals surface area contributed by atoms with Crippen LogP contribution in [0.15, 0.2) is 5.18 Å². The standard InChI is InChI=1S/C19H37N3O8S.H2OS/c1-13(25)5-4-8-29-19(16(11-24)21-28)30-17(14(2)26)12-31-15(10-23)9-18(27)22(3)7-6-20;1-2/h10,13-17,19,24-26H,4-9,11-12,20H2,1-3H3;1-2H. The van der Waals surface area contributed by atoms with Gasteiger partial charge in [0, 0.05) is 38.9 Å². The maximum atomic E-state index is 12.1. The zero-order valence-corrected chi connectivity index (χ0v) is 21.1. The first kappa shape index (κ1) is 34.3. The van der Waals surface area contributed by atoms with E-state index in [1.165, 1.54) is 11.8 Å². The Balaban J connectivity index is 0. The van der Waals surface area contributed by atoms with E-state index in [0.717, 1.165) is 11.8 Å². The van der Waals surface area contributed by atoms with Crippen molar-refractivity contribution in [1.82, 2.24) is 4.90 Å². The van der Waals surface area contributed by atoms with Gasteiger partial charge in [-0.1, -0.05) is 5.18 Å². The predicted octanol–water partition coefficient (Wildman–Crippen LogP) is -0.119. The zero-order chi connectivity index (χ0) is 25.8. The lowest BCUT2D eigenvalue weighted by molar-refractivity contribution is -0.197. The van der Waals surface area contributed by atoms with Gasteiger partial charge in [0.25, 0.3) is 0 Å². The van der Waals surface area contributed by atoms with Gasteiger partial charge in [-0.3, -0.25) is 4.79 Å². The second kappa shape index (κ2) is 21.7. The summed E-state index contributed by atoms with van der Waals surface area (Å²) in [6.07, 6.45) is -1.93. The number of aliphatic hydroxyl groups excluding tert-OH is 3. The van der Waals surface area contributed by atoms with Crippen molar-refractivity contribution in [2.45, 2.75) is 69.0 Å². The van der Waals surface area contributed by atoms with Crippen molar-refractivity contribution in [3.8, 4) is 0 Å². The van der Waals surface area contributed by atoms with E-state index >= 15 is 0 Å². The van der Waals surface area contributed by atoms with Crippen molar-refractivity contribution >= 4 is 36.9 Å². The first-order valence-electron chi connectivity index (χ1n) is 10.5. The third-order valence-electron chi connectivity index (χ3n) is 4.42. The summed E-state index contributed by atoms with van der Waals surface area (Å²) in [6, 6.07) is -1.20. The summed E-state index contributed by atoms with van der Waals surface area (Å²) >= 11 is 3.66. The fourth-order valence-corrected chi connectivity index (χ4v) is 3.60. The van der Waals surface area contributed by atoms with Gasteiger partial charge in [0.15, 0.2) is 12.3 Å². The topological polar surface area (TPSA) is 192 Å². The minimum absolute atomic E-state index is 0.0222. The number of carbonyl (C=O) groups is 2. The molecule has 0 saturated carbocycles. The van der Waals surface area contributed by atoms with Crippen molar-refractivity contribution in [3.05, 3.63) is 4.91 Å². The molecular formula is C19H39N3O9S2. The van der Waals surface area contributed by atoms with E-state index in [1.807, 2.05) is 0 Å². The van der Waals surface area contributed by atoms with Crippen molar-refractivity contribution in [2.24, 2.45) is 10.9 Å². The van der Waals surface area contributed by atoms with Gasteiger partial charge in [-0.05, 0) is 39.6 Å². The van der Waals surface area contributed by atoms with Crippen LogP contribution >= 0.6 is 24.7 Å². The maximum Gasteiger partial charge on any atom is 0.223 e. The summed E-state index contributed by atoms with van der Waals surface area (Å²) in [5.41, 5.74) is 5.43. The van der Waals surface area contributed by atoms with Crippen LogP contribution in [-0.4, -0.2) is 112 Å². The number of amides is 1. The molecule has 6 unspecified atom stereocenters. The molecule has 14 heteroatoms. The quantitative estimate of drug-likeness (QED) is 0.0334. The Labute approximate surface area is 204 Å². The summed E-state index contributed by atoms with van der Waals surface area (Å²) < 4.78 is 17.9. The van der Waals surface area contributed by atoms with Crippen LogP contribution in [0.5, 0.6) is 0 Å². The number of carbonyl (C=O) groups excluding carboxylic acids is 2. The SMILES string of the molecule is CC(O)CCCOC(OC(CSC(C=O)CC(=O)N(C)CCN)C(C)O)C(CO)N=O.OS. The number of hydrogen-bond acceptors (Lipinski definition) is 13. The molecule has 33 heavy (non-hydrogen) atoms. The van der Waals surface area contributed by atoms with E-state index in [0.29, 0.717) is 32.2 Å². The minimum Gasteiger partial charge on any atom is -0.394 e. The van der Waals surface area contributed by atoms with Crippen molar-refractivity contribution in [3.63, 3.8) is 0 Å². The van der Waals surface area contributed by atoms with Gasteiger partial charge < -0.3 is 44.8 Å². The lowest BCUT2D eigenvalue weighted by atomic mass is 10.2. The van der Waals surface area contributed by atoms with Crippen LogP contribution in [0.25, 0.3) is 0 Å². The Morgan fingerprint density at radius 2 is 1.94 bits per heavy atom. The molecule has 0 aromatic carbocycles. The number of ether oxygens (including phenoxy) is 2. The zero-order valence-electron chi connectivity index (χ0n) is 19.4. The molecule has 0 bridgehead atoms. The molecule has 0 aliphatic carbocycles. The summed E-state index contributed by atoms with van der Waals surface area (Å²) in [5, 5.41) is 30.9. The molecule has 0 radical (unpaired) electrons. The Morgan fingerprint density at radius 1 is 1.30 bits per heavy atom. The Kier molecular flexibility index (Phi) is 22.5. The van der Waals surface area contributed by atoms with Crippen LogP contribution in [0, 0.1) is 4.91 Å². The van der Waals surface area contributed by atoms with Crippen LogP contribution < -0.4 is 5.73 Å². The molecular weight excluding hydrogens is 478 g/mol. The average molecular weight is 518 g/mol. The van der Waals surface area contributed by atoms with Gasteiger partial charge >= 0.3 is 0 Å².